The summed E-state index contributed by atoms with van der Waals surface area (Å²) >= 11 is 6.06. The highest BCUT2D eigenvalue weighted by molar-refractivity contribution is 6.30. The van der Waals surface area contributed by atoms with Gasteiger partial charge in [-0.1, -0.05) is 32.4 Å². The molecule has 0 aliphatic rings. The third kappa shape index (κ3) is 3.03. The Bertz CT molecular complexity index is 690. The minimum Gasteiger partial charge on any atom is -0.396 e. The van der Waals surface area contributed by atoms with Gasteiger partial charge in [-0.2, -0.15) is 0 Å². The first-order valence-corrected chi connectivity index (χ1v) is 6.76. The molecule has 2 aromatic heterocycles. The SMILES string of the molecule is CC(C)(C)c1c(NCC(=O)NO)nc2c(N)cc(Cl)cn12. The molecule has 0 fully saturated rings. The number of amides is 1. The monoisotopic (exact) mass is 311 g/mol. The number of fused-ring (bicyclic) bond motifs is 1. The molecule has 0 radical (unpaired) electrons. The summed E-state index contributed by atoms with van der Waals surface area (Å²) in [5.74, 6) is -0.0296. The van der Waals surface area contributed by atoms with E-state index >= 15 is 0 Å². The van der Waals surface area contributed by atoms with Crippen LogP contribution < -0.4 is 16.5 Å². The Morgan fingerprint density at radius 1 is 1.52 bits per heavy atom. The van der Waals surface area contributed by atoms with Crippen molar-refractivity contribution in [3.63, 3.8) is 0 Å². The number of pyridine rings is 1. The van der Waals surface area contributed by atoms with Crippen LogP contribution in [0.4, 0.5) is 11.5 Å². The molecule has 114 valence electrons. The van der Waals surface area contributed by atoms with Gasteiger partial charge in [-0.25, -0.2) is 10.5 Å². The summed E-state index contributed by atoms with van der Waals surface area (Å²) in [6.45, 7) is 5.96. The maximum Gasteiger partial charge on any atom is 0.262 e. The molecule has 21 heavy (non-hydrogen) atoms. The van der Waals surface area contributed by atoms with Crippen molar-refractivity contribution >= 4 is 34.7 Å². The van der Waals surface area contributed by atoms with Gasteiger partial charge in [0.25, 0.3) is 5.91 Å². The zero-order chi connectivity index (χ0) is 15.8. The number of rotatable bonds is 3. The van der Waals surface area contributed by atoms with Crippen LogP contribution in [0.3, 0.4) is 0 Å². The van der Waals surface area contributed by atoms with Crippen molar-refractivity contribution < 1.29 is 10.0 Å². The summed E-state index contributed by atoms with van der Waals surface area (Å²) < 4.78 is 1.82. The van der Waals surface area contributed by atoms with Gasteiger partial charge in [-0.05, 0) is 6.07 Å². The van der Waals surface area contributed by atoms with E-state index in [0.29, 0.717) is 22.2 Å². The Morgan fingerprint density at radius 3 is 2.76 bits per heavy atom. The van der Waals surface area contributed by atoms with Crippen LogP contribution in [0.15, 0.2) is 12.3 Å². The van der Waals surface area contributed by atoms with Gasteiger partial charge in [0.1, 0.15) is 5.82 Å². The second-order valence-corrected chi connectivity index (χ2v) is 6.19. The average Bonchev–Trinajstić information content (AvgIpc) is 2.74. The molecule has 0 aliphatic carbocycles. The Balaban J connectivity index is 2.59. The minimum atomic E-state index is -0.557. The third-order valence-corrected chi connectivity index (χ3v) is 3.17. The van der Waals surface area contributed by atoms with Gasteiger partial charge in [-0.15, -0.1) is 0 Å². The number of nitrogen functional groups attached to an aromatic ring is 1. The highest BCUT2D eigenvalue weighted by Gasteiger charge is 2.25. The molecule has 0 spiro atoms. The number of imidazole rings is 1. The molecule has 0 saturated carbocycles. The number of hydrogen-bond acceptors (Lipinski definition) is 5. The second kappa shape index (κ2) is 5.42. The van der Waals surface area contributed by atoms with Crippen molar-refractivity contribution in [1.82, 2.24) is 14.9 Å². The van der Waals surface area contributed by atoms with Crippen LogP contribution in [0.5, 0.6) is 0 Å². The standard InChI is InChI=1S/C13H18ClN5O2/c1-13(2,3)10-11(16-5-9(20)18-21)17-12-8(15)4-7(14)6-19(10)12/h4,6,16,21H,5,15H2,1-3H3,(H,18,20). The van der Waals surface area contributed by atoms with Crippen LogP contribution in [0, 0.1) is 0 Å². The highest BCUT2D eigenvalue weighted by Crippen LogP contribution is 2.33. The third-order valence-electron chi connectivity index (χ3n) is 2.97. The summed E-state index contributed by atoms with van der Waals surface area (Å²) in [6.07, 6.45) is 1.73. The highest BCUT2D eigenvalue weighted by atomic mass is 35.5. The van der Waals surface area contributed by atoms with E-state index in [4.69, 9.17) is 22.5 Å². The molecule has 2 rings (SSSR count). The van der Waals surface area contributed by atoms with Crippen LogP contribution in [-0.4, -0.2) is 27.0 Å². The molecular weight excluding hydrogens is 294 g/mol. The average molecular weight is 312 g/mol. The zero-order valence-electron chi connectivity index (χ0n) is 12.1. The molecule has 0 saturated heterocycles. The van der Waals surface area contributed by atoms with Crippen LogP contribution in [-0.2, 0) is 10.2 Å². The van der Waals surface area contributed by atoms with E-state index in [0.717, 1.165) is 5.69 Å². The quantitative estimate of drug-likeness (QED) is 0.511. The predicted octanol–water partition coefficient (Wildman–Crippen LogP) is 1.78. The van der Waals surface area contributed by atoms with Gasteiger partial charge in [0.2, 0.25) is 0 Å². The van der Waals surface area contributed by atoms with E-state index in [1.165, 1.54) is 0 Å². The lowest BCUT2D eigenvalue weighted by Crippen LogP contribution is -2.28. The molecule has 0 unspecified atom stereocenters. The van der Waals surface area contributed by atoms with Gasteiger partial charge in [0.15, 0.2) is 5.65 Å². The molecule has 0 aromatic carbocycles. The first kappa shape index (κ1) is 15.4. The van der Waals surface area contributed by atoms with Crippen molar-refractivity contribution in [2.75, 3.05) is 17.6 Å². The Morgan fingerprint density at radius 2 is 2.19 bits per heavy atom. The van der Waals surface area contributed by atoms with Crippen LogP contribution in [0.1, 0.15) is 26.5 Å². The summed E-state index contributed by atoms with van der Waals surface area (Å²) in [4.78, 5) is 15.6. The topological polar surface area (TPSA) is 105 Å². The molecule has 7 nitrogen and oxygen atoms in total. The van der Waals surface area contributed by atoms with E-state index in [-0.39, 0.29) is 12.0 Å². The Labute approximate surface area is 127 Å². The molecule has 0 atom stereocenters. The summed E-state index contributed by atoms with van der Waals surface area (Å²) in [5, 5.41) is 12.0. The van der Waals surface area contributed by atoms with E-state index in [1.807, 2.05) is 25.2 Å². The number of carbonyl (C=O) groups is 1. The molecule has 2 heterocycles. The number of nitrogens with two attached hydrogens (primary N) is 1. The lowest BCUT2D eigenvalue weighted by Gasteiger charge is -2.20. The molecule has 1 amide bonds. The minimum absolute atomic E-state index is 0.100. The molecule has 8 heteroatoms. The second-order valence-electron chi connectivity index (χ2n) is 5.75. The normalized spacial score (nSPS) is 11.7. The maximum absolute atomic E-state index is 11.2. The number of nitrogens with zero attached hydrogens (tertiary/aromatic N) is 2. The van der Waals surface area contributed by atoms with Gasteiger partial charge < -0.3 is 11.1 Å². The maximum atomic E-state index is 11.2. The number of nitrogens with one attached hydrogen (secondary N) is 2. The molecule has 2 aromatic rings. The van der Waals surface area contributed by atoms with E-state index in [2.05, 4.69) is 10.3 Å². The van der Waals surface area contributed by atoms with Gasteiger partial charge in [0.05, 0.1) is 22.9 Å². The fourth-order valence-electron chi connectivity index (χ4n) is 2.18. The van der Waals surface area contributed by atoms with Gasteiger partial charge >= 0.3 is 0 Å². The van der Waals surface area contributed by atoms with Crippen molar-refractivity contribution in [1.29, 1.82) is 0 Å². The van der Waals surface area contributed by atoms with E-state index in [9.17, 15) is 4.79 Å². The fourth-order valence-corrected chi connectivity index (χ4v) is 2.39. The van der Waals surface area contributed by atoms with Gasteiger partial charge in [-0.3, -0.25) is 14.4 Å². The summed E-state index contributed by atoms with van der Waals surface area (Å²) in [6, 6.07) is 1.63. The number of halogens is 1. The Hall–Kier alpha value is -1.99. The summed E-state index contributed by atoms with van der Waals surface area (Å²) in [7, 11) is 0. The number of hydroxylamine groups is 1. The van der Waals surface area contributed by atoms with Gasteiger partial charge in [0, 0.05) is 11.6 Å². The number of aromatic nitrogens is 2. The lowest BCUT2D eigenvalue weighted by atomic mass is 9.92. The lowest BCUT2D eigenvalue weighted by molar-refractivity contribution is -0.127. The fraction of sp³-hybridized carbons (Fsp3) is 0.385. The number of carbonyl (C=O) groups excluding carboxylic acids is 1. The first-order valence-electron chi connectivity index (χ1n) is 6.38. The first-order chi connectivity index (χ1) is 9.74. The van der Waals surface area contributed by atoms with Crippen molar-refractivity contribution in [2.45, 2.75) is 26.2 Å². The molecule has 0 aliphatic heterocycles. The molecule has 0 bridgehead atoms. The number of hydrogen-bond donors (Lipinski definition) is 4. The smallest absolute Gasteiger partial charge is 0.262 e. The van der Waals surface area contributed by atoms with Crippen LogP contribution >= 0.6 is 11.6 Å². The zero-order valence-corrected chi connectivity index (χ0v) is 12.8. The largest absolute Gasteiger partial charge is 0.396 e. The molecule has 5 N–H and O–H groups in total. The summed E-state index contributed by atoms with van der Waals surface area (Å²) in [5.41, 5.74) is 9.12. The van der Waals surface area contributed by atoms with Crippen LogP contribution in [0.25, 0.3) is 5.65 Å². The predicted molar refractivity (Wildman–Crippen MR) is 81.7 cm³/mol. The number of anilines is 2. The van der Waals surface area contributed by atoms with Crippen molar-refractivity contribution in [2.24, 2.45) is 0 Å². The van der Waals surface area contributed by atoms with E-state index in [1.54, 1.807) is 17.7 Å². The van der Waals surface area contributed by atoms with Crippen LogP contribution in [0.2, 0.25) is 5.02 Å². The van der Waals surface area contributed by atoms with Crippen molar-refractivity contribution in [3.8, 4) is 0 Å². The van der Waals surface area contributed by atoms with Crippen molar-refractivity contribution in [3.05, 3.63) is 23.0 Å². The Kier molecular flexibility index (Phi) is 3.97. The molecular formula is C13H18ClN5O2. The van der Waals surface area contributed by atoms with E-state index < -0.39 is 5.91 Å².